The number of benzene rings is 2. The highest BCUT2D eigenvalue weighted by molar-refractivity contribution is 5.93. The van der Waals surface area contributed by atoms with Gasteiger partial charge in [-0.1, -0.05) is 30.3 Å². The number of aromatic nitrogens is 2. The smallest absolute Gasteiger partial charge is 0.387 e. The standard InChI is InChI=1S/C21H16F2N4O4/c22-21(23)31-17-8-6-14(7-9-17)10-19(29)30-13-18(28)26-20-15(11-24)12-25-27(20)16-4-2-1-3-5-16/h1-9,12,21H,10,13H2,(H,26,28). The lowest BCUT2D eigenvalue weighted by Crippen LogP contribution is -2.23. The number of para-hydroxylation sites is 1. The molecule has 0 atom stereocenters. The highest BCUT2D eigenvalue weighted by atomic mass is 19.3. The largest absolute Gasteiger partial charge is 0.455 e. The molecule has 1 N–H and O–H groups in total. The van der Waals surface area contributed by atoms with E-state index < -0.39 is 25.1 Å². The van der Waals surface area contributed by atoms with Crippen LogP contribution in [-0.4, -0.2) is 34.9 Å². The summed E-state index contributed by atoms with van der Waals surface area (Å²) in [7, 11) is 0. The highest BCUT2D eigenvalue weighted by Crippen LogP contribution is 2.19. The molecule has 2 aromatic carbocycles. The molecule has 0 aliphatic heterocycles. The van der Waals surface area contributed by atoms with Crippen molar-refractivity contribution in [3.8, 4) is 17.5 Å². The van der Waals surface area contributed by atoms with E-state index in [9.17, 15) is 23.6 Å². The fraction of sp³-hybridized carbons (Fsp3) is 0.143. The maximum absolute atomic E-state index is 12.2. The van der Waals surface area contributed by atoms with E-state index in [1.807, 2.05) is 12.1 Å². The Morgan fingerprint density at radius 3 is 2.48 bits per heavy atom. The normalized spacial score (nSPS) is 10.4. The van der Waals surface area contributed by atoms with E-state index in [2.05, 4.69) is 15.2 Å². The Morgan fingerprint density at radius 1 is 1.13 bits per heavy atom. The molecular formula is C21H16F2N4O4. The molecule has 1 amide bonds. The molecule has 158 valence electrons. The molecule has 0 saturated carbocycles. The van der Waals surface area contributed by atoms with Gasteiger partial charge in [-0.3, -0.25) is 9.59 Å². The number of hydrogen-bond acceptors (Lipinski definition) is 6. The summed E-state index contributed by atoms with van der Waals surface area (Å²) in [6, 6.07) is 16.3. The third-order valence-electron chi connectivity index (χ3n) is 4.01. The monoisotopic (exact) mass is 426 g/mol. The van der Waals surface area contributed by atoms with Crippen molar-refractivity contribution >= 4 is 17.7 Å². The zero-order valence-corrected chi connectivity index (χ0v) is 16.0. The lowest BCUT2D eigenvalue weighted by molar-refractivity contribution is -0.146. The van der Waals surface area contributed by atoms with Crippen LogP contribution in [0, 0.1) is 11.3 Å². The molecule has 0 spiro atoms. The van der Waals surface area contributed by atoms with E-state index in [0.717, 1.165) is 0 Å². The molecule has 0 fully saturated rings. The van der Waals surface area contributed by atoms with Gasteiger partial charge in [0.1, 0.15) is 17.4 Å². The maximum atomic E-state index is 12.2. The van der Waals surface area contributed by atoms with Gasteiger partial charge in [0.05, 0.1) is 18.3 Å². The number of alkyl halides is 2. The minimum absolute atomic E-state index is 0.0326. The number of carbonyl (C=O) groups is 2. The zero-order valence-electron chi connectivity index (χ0n) is 16.0. The van der Waals surface area contributed by atoms with Crippen molar-refractivity contribution in [2.24, 2.45) is 0 Å². The van der Waals surface area contributed by atoms with Crippen LogP contribution in [0.2, 0.25) is 0 Å². The van der Waals surface area contributed by atoms with Crippen LogP contribution in [0.15, 0.2) is 60.8 Å². The molecule has 8 nitrogen and oxygen atoms in total. The van der Waals surface area contributed by atoms with E-state index in [1.54, 1.807) is 24.3 Å². The van der Waals surface area contributed by atoms with Crippen LogP contribution in [0.4, 0.5) is 14.6 Å². The van der Waals surface area contributed by atoms with Gasteiger partial charge in [0.15, 0.2) is 12.4 Å². The van der Waals surface area contributed by atoms with Crippen LogP contribution >= 0.6 is 0 Å². The zero-order chi connectivity index (χ0) is 22.2. The lowest BCUT2D eigenvalue weighted by atomic mass is 10.1. The second-order valence-electron chi connectivity index (χ2n) is 6.17. The van der Waals surface area contributed by atoms with Crippen molar-refractivity contribution in [3.63, 3.8) is 0 Å². The Bertz CT molecular complexity index is 1090. The second kappa shape index (κ2) is 9.98. The van der Waals surface area contributed by atoms with E-state index in [-0.39, 0.29) is 23.6 Å². The van der Waals surface area contributed by atoms with Crippen molar-refractivity contribution in [2.45, 2.75) is 13.0 Å². The number of hydrogen-bond donors (Lipinski definition) is 1. The molecule has 3 aromatic rings. The summed E-state index contributed by atoms with van der Waals surface area (Å²) in [5.41, 5.74) is 1.28. The first-order valence-corrected chi connectivity index (χ1v) is 8.99. The van der Waals surface area contributed by atoms with E-state index >= 15 is 0 Å². The van der Waals surface area contributed by atoms with Gasteiger partial charge in [0, 0.05) is 0 Å². The number of halogens is 2. The SMILES string of the molecule is N#Cc1cnn(-c2ccccc2)c1NC(=O)COC(=O)Cc1ccc(OC(F)F)cc1. The van der Waals surface area contributed by atoms with Crippen LogP contribution in [0.25, 0.3) is 5.69 Å². The number of esters is 1. The highest BCUT2D eigenvalue weighted by Gasteiger charge is 2.16. The van der Waals surface area contributed by atoms with Gasteiger partial charge < -0.3 is 14.8 Å². The Balaban J connectivity index is 1.56. The number of carbonyl (C=O) groups excluding carboxylic acids is 2. The number of nitrogens with one attached hydrogen (secondary N) is 1. The topological polar surface area (TPSA) is 106 Å². The first-order valence-electron chi connectivity index (χ1n) is 8.99. The molecule has 0 aliphatic rings. The van der Waals surface area contributed by atoms with Gasteiger partial charge in [-0.25, -0.2) is 4.68 Å². The molecule has 10 heteroatoms. The summed E-state index contributed by atoms with van der Waals surface area (Å²) in [6.07, 6.45) is 1.16. The first kappa shape index (κ1) is 21.4. The molecule has 1 aromatic heterocycles. The average molecular weight is 426 g/mol. The maximum Gasteiger partial charge on any atom is 0.387 e. The number of anilines is 1. The van der Waals surface area contributed by atoms with Crippen molar-refractivity contribution in [1.29, 1.82) is 5.26 Å². The molecule has 0 unspecified atom stereocenters. The van der Waals surface area contributed by atoms with Gasteiger partial charge >= 0.3 is 12.6 Å². The number of nitriles is 1. The summed E-state index contributed by atoms with van der Waals surface area (Å²) < 4.78 is 34.9. The molecule has 0 radical (unpaired) electrons. The van der Waals surface area contributed by atoms with Crippen molar-refractivity contribution in [3.05, 3.63) is 71.9 Å². The summed E-state index contributed by atoms with van der Waals surface area (Å²) in [5, 5.41) is 15.9. The van der Waals surface area contributed by atoms with Crippen LogP contribution in [-0.2, 0) is 20.7 Å². The van der Waals surface area contributed by atoms with Gasteiger partial charge in [-0.2, -0.15) is 19.1 Å². The predicted octanol–water partition coefficient (Wildman–Crippen LogP) is 3.07. The molecular weight excluding hydrogens is 410 g/mol. The molecule has 0 aliphatic carbocycles. The molecule has 0 bridgehead atoms. The molecule has 0 saturated heterocycles. The quantitative estimate of drug-likeness (QED) is 0.555. The van der Waals surface area contributed by atoms with Crippen LogP contribution in [0.5, 0.6) is 5.75 Å². The van der Waals surface area contributed by atoms with E-state index in [1.165, 1.54) is 35.1 Å². The fourth-order valence-corrected chi connectivity index (χ4v) is 2.64. The first-order chi connectivity index (χ1) is 15.0. The third-order valence-corrected chi connectivity index (χ3v) is 4.01. The number of ether oxygens (including phenoxy) is 2. The summed E-state index contributed by atoms with van der Waals surface area (Å²) in [5.74, 6) is -1.21. The Morgan fingerprint density at radius 2 is 1.84 bits per heavy atom. The van der Waals surface area contributed by atoms with Gasteiger partial charge in [0.2, 0.25) is 0 Å². The minimum Gasteiger partial charge on any atom is -0.455 e. The number of amides is 1. The van der Waals surface area contributed by atoms with Gasteiger partial charge in [-0.05, 0) is 29.8 Å². The predicted molar refractivity (Wildman–Crippen MR) is 105 cm³/mol. The second-order valence-corrected chi connectivity index (χ2v) is 6.17. The summed E-state index contributed by atoms with van der Waals surface area (Å²) in [4.78, 5) is 24.2. The minimum atomic E-state index is -2.94. The Labute approximate surface area is 175 Å². The van der Waals surface area contributed by atoms with Crippen molar-refractivity contribution in [2.75, 3.05) is 11.9 Å². The molecule has 31 heavy (non-hydrogen) atoms. The van der Waals surface area contributed by atoms with E-state index in [4.69, 9.17) is 4.74 Å². The number of nitrogens with zero attached hydrogens (tertiary/aromatic N) is 3. The Hall–Kier alpha value is -4.26. The van der Waals surface area contributed by atoms with Crippen LogP contribution < -0.4 is 10.1 Å². The van der Waals surface area contributed by atoms with Crippen LogP contribution in [0.1, 0.15) is 11.1 Å². The Kier molecular flexibility index (Phi) is 6.90. The van der Waals surface area contributed by atoms with Crippen LogP contribution in [0.3, 0.4) is 0 Å². The van der Waals surface area contributed by atoms with Crippen molar-refractivity contribution in [1.82, 2.24) is 9.78 Å². The van der Waals surface area contributed by atoms with Crippen molar-refractivity contribution < 1.29 is 27.8 Å². The van der Waals surface area contributed by atoms with E-state index in [0.29, 0.717) is 11.3 Å². The third kappa shape index (κ3) is 5.86. The van der Waals surface area contributed by atoms with Gasteiger partial charge in [0.25, 0.3) is 5.91 Å². The molecule has 1 heterocycles. The lowest BCUT2D eigenvalue weighted by Gasteiger charge is -2.10. The summed E-state index contributed by atoms with van der Waals surface area (Å²) in [6.45, 7) is -3.51. The average Bonchev–Trinajstić information content (AvgIpc) is 3.16. The number of rotatable bonds is 8. The fourth-order valence-electron chi connectivity index (χ4n) is 2.64. The van der Waals surface area contributed by atoms with Gasteiger partial charge in [-0.15, -0.1) is 0 Å². The molecule has 3 rings (SSSR count). The summed E-state index contributed by atoms with van der Waals surface area (Å²) >= 11 is 0.